The summed E-state index contributed by atoms with van der Waals surface area (Å²) >= 11 is 0. The summed E-state index contributed by atoms with van der Waals surface area (Å²) in [6.07, 6.45) is 2.27. The lowest BCUT2D eigenvalue weighted by Gasteiger charge is -2.40. The first-order chi connectivity index (χ1) is 13.5. The molecule has 0 radical (unpaired) electrons. The van der Waals surface area contributed by atoms with E-state index in [4.69, 9.17) is 5.73 Å². The van der Waals surface area contributed by atoms with Crippen LogP contribution in [-0.2, 0) is 22.0 Å². The van der Waals surface area contributed by atoms with Gasteiger partial charge >= 0.3 is 0 Å². The van der Waals surface area contributed by atoms with Gasteiger partial charge in [-0.3, -0.25) is 4.79 Å². The summed E-state index contributed by atoms with van der Waals surface area (Å²) in [5.74, 6) is -0.285. The number of fused-ring (bicyclic) bond motifs is 2. The van der Waals surface area contributed by atoms with Gasteiger partial charge in [-0.25, -0.2) is 8.42 Å². The van der Waals surface area contributed by atoms with Crippen LogP contribution >= 0.6 is 0 Å². The normalized spacial score (nSPS) is 21.2. The van der Waals surface area contributed by atoms with Crippen molar-refractivity contribution in [2.45, 2.75) is 45.1 Å². The molecule has 156 valence electrons. The SMILES string of the molecule is Cc1cccc2c1NCCC2C(=O)n1nc2c(c1N)C(C)(C)N(S(C)(=O)=O)CC2. The topological polar surface area (TPSA) is 110 Å². The number of nitrogens with two attached hydrogens (primary N) is 1. The third-order valence-electron chi connectivity index (χ3n) is 6.10. The number of aryl methyl sites for hydroxylation is 1. The second-order valence-corrected chi connectivity index (χ2v) is 10.3. The van der Waals surface area contributed by atoms with Crippen LogP contribution in [0.25, 0.3) is 0 Å². The maximum absolute atomic E-state index is 13.5. The first-order valence-electron chi connectivity index (χ1n) is 9.76. The van der Waals surface area contributed by atoms with Gasteiger partial charge < -0.3 is 11.1 Å². The van der Waals surface area contributed by atoms with Crippen LogP contribution < -0.4 is 11.1 Å². The van der Waals surface area contributed by atoms with Crippen LogP contribution in [0.2, 0.25) is 0 Å². The van der Waals surface area contributed by atoms with Crippen molar-refractivity contribution >= 4 is 27.4 Å². The number of rotatable bonds is 2. The molecule has 1 aromatic heterocycles. The number of nitrogens with zero attached hydrogens (tertiary/aromatic N) is 3. The number of carbonyl (C=O) groups is 1. The molecule has 1 aromatic carbocycles. The number of nitrogen functional groups attached to an aromatic ring is 1. The first-order valence-corrected chi connectivity index (χ1v) is 11.6. The standard InChI is InChI=1S/C20H27N5O3S/c1-12-6-5-7-13-14(8-10-22-17(12)13)19(26)25-18(21)16-15(23-25)9-11-24(20(16,2)3)29(4,27)28/h5-7,14,22H,8-11,21H2,1-4H3. The number of hydrogen-bond donors (Lipinski definition) is 2. The zero-order chi connectivity index (χ0) is 21.1. The summed E-state index contributed by atoms with van der Waals surface area (Å²) in [7, 11) is -3.42. The Morgan fingerprint density at radius 3 is 2.76 bits per heavy atom. The van der Waals surface area contributed by atoms with Gasteiger partial charge in [0.25, 0.3) is 5.91 Å². The molecule has 3 heterocycles. The average Bonchev–Trinajstić information content (AvgIpc) is 2.98. The van der Waals surface area contributed by atoms with Crippen molar-refractivity contribution in [1.29, 1.82) is 0 Å². The number of hydrogen-bond acceptors (Lipinski definition) is 6. The van der Waals surface area contributed by atoms with Crippen molar-refractivity contribution in [3.8, 4) is 0 Å². The molecule has 1 atom stereocenters. The minimum Gasteiger partial charge on any atom is -0.385 e. The largest absolute Gasteiger partial charge is 0.385 e. The Bertz CT molecular complexity index is 1100. The van der Waals surface area contributed by atoms with Crippen LogP contribution in [-0.4, -0.2) is 47.8 Å². The van der Waals surface area contributed by atoms with Gasteiger partial charge in [-0.1, -0.05) is 18.2 Å². The Morgan fingerprint density at radius 2 is 2.07 bits per heavy atom. The second-order valence-electron chi connectivity index (χ2n) is 8.41. The van der Waals surface area contributed by atoms with E-state index < -0.39 is 15.6 Å². The molecular weight excluding hydrogens is 390 g/mol. The lowest BCUT2D eigenvalue weighted by atomic mass is 9.88. The Labute approximate surface area is 171 Å². The Morgan fingerprint density at radius 1 is 1.34 bits per heavy atom. The van der Waals surface area contributed by atoms with E-state index in [1.54, 1.807) is 0 Å². The van der Waals surface area contributed by atoms with Crippen molar-refractivity contribution in [3.63, 3.8) is 0 Å². The molecule has 3 N–H and O–H groups in total. The van der Waals surface area contributed by atoms with E-state index in [0.29, 0.717) is 37.2 Å². The van der Waals surface area contributed by atoms with Gasteiger partial charge in [-0.2, -0.15) is 14.1 Å². The monoisotopic (exact) mass is 417 g/mol. The maximum atomic E-state index is 13.5. The average molecular weight is 418 g/mol. The molecule has 4 rings (SSSR count). The molecule has 0 fully saturated rings. The van der Waals surface area contributed by atoms with Gasteiger partial charge in [-0.15, -0.1) is 0 Å². The number of anilines is 2. The summed E-state index contributed by atoms with van der Waals surface area (Å²) < 4.78 is 27.2. The van der Waals surface area contributed by atoms with E-state index in [9.17, 15) is 13.2 Å². The fraction of sp³-hybridized carbons (Fsp3) is 0.500. The summed E-state index contributed by atoms with van der Waals surface area (Å²) in [5, 5.41) is 7.91. The molecule has 2 aliphatic rings. The van der Waals surface area contributed by atoms with E-state index in [-0.39, 0.29) is 17.6 Å². The molecule has 0 amide bonds. The van der Waals surface area contributed by atoms with Crippen LogP contribution in [0, 0.1) is 6.92 Å². The highest BCUT2D eigenvalue weighted by Crippen LogP contribution is 2.41. The highest BCUT2D eigenvalue weighted by atomic mass is 32.2. The molecule has 1 unspecified atom stereocenters. The highest BCUT2D eigenvalue weighted by Gasteiger charge is 2.44. The van der Waals surface area contributed by atoms with E-state index in [1.165, 1.54) is 15.2 Å². The summed E-state index contributed by atoms with van der Waals surface area (Å²) in [6.45, 7) is 6.65. The zero-order valence-electron chi connectivity index (χ0n) is 17.2. The second kappa shape index (κ2) is 6.56. The predicted molar refractivity (Wildman–Crippen MR) is 113 cm³/mol. The third kappa shape index (κ3) is 3.03. The molecule has 0 aliphatic carbocycles. The predicted octanol–water partition coefficient (Wildman–Crippen LogP) is 2.07. The number of aromatic nitrogens is 2. The van der Waals surface area contributed by atoms with Gasteiger partial charge in [0.1, 0.15) is 5.82 Å². The summed E-state index contributed by atoms with van der Waals surface area (Å²) in [6, 6.07) is 5.93. The van der Waals surface area contributed by atoms with Crippen molar-refractivity contribution in [2.24, 2.45) is 0 Å². The zero-order valence-corrected chi connectivity index (χ0v) is 18.0. The molecule has 29 heavy (non-hydrogen) atoms. The lowest BCUT2D eigenvalue weighted by molar-refractivity contribution is 0.0859. The van der Waals surface area contributed by atoms with E-state index >= 15 is 0 Å². The van der Waals surface area contributed by atoms with Crippen LogP contribution in [0.4, 0.5) is 11.5 Å². The smallest absolute Gasteiger partial charge is 0.256 e. The van der Waals surface area contributed by atoms with Crippen LogP contribution in [0.1, 0.15) is 53.4 Å². The van der Waals surface area contributed by atoms with Crippen LogP contribution in [0.3, 0.4) is 0 Å². The Balaban J connectivity index is 1.78. The lowest BCUT2D eigenvalue weighted by Crippen LogP contribution is -2.49. The number of benzene rings is 1. The molecular formula is C20H27N5O3S. The van der Waals surface area contributed by atoms with E-state index in [0.717, 1.165) is 16.8 Å². The number of nitrogens with one attached hydrogen (secondary N) is 1. The van der Waals surface area contributed by atoms with Crippen molar-refractivity contribution in [3.05, 3.63) is 40.6 Å². The van der Waals surface area contributed by atoms with Crippen molar-refractivity contribution in [1.82, 2.24) is 14.1 Å². The van der Waals surface area contributed by atoms with Gasteiger partial charge in [0.05, 0.1) is 23.4 Å². The quantitative estimate of drug-likeness (QED) is 0.774. The molecule has 8 nitrogen and oxygen atoms in total. The van der Waals surface area contributed by atoms with E-state index in [1.807, 2.05) is 39.0 Å². The van der Waals surface area contributed by atoms with Gasteiger partial charge in [-0.05, 0) is 38.3 Å². The first kappa shape index (κ1) is 19.9. The fourth-order valence-electron chi connectivity index (χ4n) is 4.80. The van der Waals surface area contributed by atoms with Crippen LogP contribution in [0.5, 0.6) is 0 Å². The summed E-state index contributed by atoms with van der Waals surface area (Å²) in [4.78, 5) is 13.5. The fourth-order valence-corrected chi connectivity index (χ4v) is 6.15. The van der Waals surface area contributed by atoms with Crippen LogP contribution in [0.15, 0.2) is 18.2 Å². The summed E-state index contributed by atoms with van der Waals surface area (Å²) in [5.41, 5.74) is 9.90. The molecule has 2 aromatic rings. The molecule has 0 spiro atoms. The Kier molecular flexibility index (Phi) is 4.51. The van der Waals surface area contributed by atoms with Gasteiger partial charge in [0.15, 0.2) is 0 Å². The van der Waals surface area contributed by atoms with E-state index in [2.05, 4.69) is 10.4 Å². The minimum atomic E-state index is -3.42. The number of carbonyl (C=O) groups excluding carboxylic acids is 1. The highest BCUT2D eigenvalue weighted by molar-refractivity contribution is 7.88. The van der Waals surface area contributed by atoms with Gasteiger partial charge in [0.2, 0.25) is 10.0 Å². The minimum absolute atomic E-state index is 0.174. The molecule has 0 saturated heterocycles. The van der Waals surface area contributed by atoms with Crippen molar-refractivity contribution in [2.75, 3.05) is 30.4 Å². The number of para-hydroxylation sites is 1. The molecule has 2 aliphatic heterocycles. The molecule has 0 saturated carbocycles. The molecule has 9 heteroatoms. The third-order valence-corrected chi connectivity index (χ3v) is 7.54. The maximum Gasteiger partial charge on any atom is 0.256 e. The number of sulfonamides is 1. The molecule has 0 bridgehead atoms. The Hall–Kier alpha value is -2.39. The van der Waals surface area contributed by atoms with Crippen molar-refractivity contribution < 1.29 is 13.2 Å². The van der Waals surface area contributed by atoms with Gasteiger partial charge in [0, 0.05) is 30.8 Å².